The van der Waals surface area contributed by atoms with Gasteiger partial charge in [-0.15, -0.1) is 39.5 Å². The second-order valence-corrected chi connectivity index (χ2v) is 0. The maximum Gasteiger partial charge on any atom is -0.106 e. The molecule has 68 valence electrons. The van der Waals surface area contributed by atoms with Gasteiger partial charge in [0.15, 0.2) is 0 Å². The molecule has 4 heteroatoms. The first kappa shape index (κ1) is 150. The SMILES string of the molecule is C=C.C=C.C=C.F.F.F.F. The van der Waals surface area contributed by atoms with Gasteiger partial charge in [0.05, 0.1) is 0 Å². The Morgan fingerprint density at radius 1 is 0.300 bits per heavy atom. The van der Waals surface area contributed by atoms with Crippen LogP contribution in [0.3, 0.4) is 0 Å². The van der Waals surface area contributed by atoms with Crippen molar-refractivity contribution < 1.29 is 18.8 Å². The van der Waals surface area contributed by atoms with Gasteiger partial charge in [-0.05, 0) is 0 Å². The Morgan fingerprint density at radius 2 is 0.300 bits per heavy atom. The van der Waals surface area contributed by atoms with Gasteiger partial charge < -0.3 is 0 Å². The van der Waals surface area contributed by atoms with E-state index in [2.05, 4.69) is 39.5 Å². The highest BCUT2D eigenvalue weighted by atomic mass is 19.0. The van der Waals surface area contributed by atoms with Crippen molar-refractivity contribution in [1.82, 2.24) is 0 Å². The summed E-state index contributed by atoms with van der Waals surface area (Å²) in [5.41, 5.74) is 0. The van der Waals surface area contributed by atoms with Gasteiger partial charge in [0.2, 0.25) is 0 Å². The molecule has 0 spiro atoms. The van der Waals surface area contributed by atoms with Crippen molar-refractivity contribution >= 4 is 0 Å². The molecule has 0 nitrogen and oxygen atoms in total. The van der Waals surface area contributed by atoms with Gasteiger partial charge in [0.25, 0.3) is 0 Å². The summed E-state index contributed by atoms with van der Waals surface area (Å²) in [6.45, 7) is 18.0. The Labute approximate surface area is 59.4 Å². The van der Waals surface area contributed by atoms with Crippen molar-refractivity contribution in [2.45, 2.75) is 0 Å². The van der Waals surface area contributed by atoms with E-state index in [1.165, 1.54) is 0 Å². The second-order valence-electron chi connectivity index (χ2n) is 0. The summed E-state index contributed by atoms with van der Waals surface area (Å²) >= 11 is 0. The Morgan fingerprint density at radius 3 is 0.300 bits per heavy atom. The van der Waals surface area contributed by atoms with Crippen molar-refractivity contribution in [1.29, 1.82) is 0 Å². The van der Waals surface area contributed by atoms with Gasteiger partial charge in [-0.1, -0.05) is 0 Å². The van der Waals surface area contributed by atoms with Crippen LogP contribution in [0.1, 0.15) is 0 Å². The van der Waals surface area contributed by atoms with Crippen LogP contribution in [-0.2, 0) is 0 Å². The Balaban J connectivity index is -0.00000000225. The molecule has 0 saturated heterocycles. The van der Waals surface area contributed by atoms with E-state index in [0.717, 1.165) is 0 Å². The van der Waals surface area contributed by atoms with Crippen LogP contribution in [0.2, 0.25) is 0 Å². The number of hydrogen-bond donors (Lipinski definition) is 0. The summed E-state index contributed by atoms with van der Waals surface area (Å²) in [6.07, 6.45) is 0. The summed E-state index contributed by atoms with van der Waals surface area (Å²) in [4.78, 5) is 0. The van der Waals surface area contributed by atoms with Crippen LogP contribution < -0.4 is 0 Å². The standard InChI is InChI=1S/3C2H4.4FH/c3*1-2;;;;/h3*1-2H2;4*1H. The van der Waals surface area contributed by atoms with Crippen LogP contribution in [0.4, 0.5) is 18.8 Å². The molecule has 0 atom stereocenters. The summed E-state index contributed by atoms with van der Waals surface area (Å²) in [7, 11) is 0. The zero-order valence-electron chi connectivity index (χ0n) is 5.88. The van der Waals surface area contributed by atoms with Gasteiger partial charge in [-0.3, -0.25) is 18.8 Å². The van der Waals surface area contributed by atoms with E-state index in [1.54, 1.807) is 0 Å². The van der Waals surface area contributed by atoms with Gasteiger partial charge in [0, 0.05) is 0 Å². The molecule has 0 aromatic rings. The van der Waals surface area contributed by atoms with Crippen LogP contribution in [0.15, 0.2) is 39.5 Å². The number of hydrogen-bond acceptors (Lipinski definition) is 0. The third-order valence-electron chi connectivity index (χ3n) is 0. The van der Waals surface area contributed by atoms with Crippen LogP contribution in [0, 0.1) is 0 Å². The van der Waals surface area contributed by atoms with Crippen LogP contribution in [0.25, 0.3) is 0 Å². The molecular weight excluding hydrogens is 148 g/mol. The van der Waals surface area contributed by atoms with E-state index in [1.807, 2.05) is 0 Å². The average molecular weight is 164 g/mol. The van der Waals surface area contributed by atoms with E-state index < -0.39 is 0 Å². The fourth-order valence-electron chi connectivity index (χ4n) is 0. The minimum atomic E-state index is 0. The average Bonchev–Trinajstić information content (AvgIpc) is 1.81. The van der Waals surface area contributed by atoms with Crippen molar-refractivity contribution in [3.63, 3.8) is 0 Å². The van der Waals surface area contributed by atoms with E-state index >= 15 is 0 Å². The second kappa shape index (κ2) is 340. The van der Waals surface area contributed by atoms with Gasteiger partial charge in [-0.2, -0.15) is 0 Å². The quantitative estimate of drug-likeness (QED) is 0.381. The third-order valence-corrected chi connectivity index (χ3v) is 0. The van der Waals surface area contributed by atoms with Crippen LogP contribution >= 0.6 is 0 Å². The molecule has 0 aromatic carbocycles. The molecule has 0 radical (unpaired) electrons. The molecule has 0 saturated carbocycles. The first-order valence-corrected chi connectivity index (χ1v) is 1.50. The zero-order chi connectivity index (χ0) is 6.00. The number of rotatable bonds is 0. The maximum absolute atomic E-state index is 3.00. The molecule has 10 heavy (non-hydrogen) atoms. The third kappa shape index (κ3) is 218. The molecule has 0 heterocycles. The molecule has 0 bridgehead atoms. The van der Waals surface area contributed by atoms with Gasteiger partial charge in [0.1, 0.15) is 0 Å². The van der Waals surface area contributed by atoms with Crippen molar-refractivity contribution in [2.24, 2.45) is 0 Å². The first-order valence-electron chi connectivity index (χ1n) is 1.50. The Hall–Kier alpha value is -1.06. The predicted molar refractivity (Wildman–Crippen MR) is 43.8 cm³/mol. The maximum atomic E-state index is 3.00. The number of halogens is 4. The van der Waals surface area contributed by atoms with E-state index in [0.29, 0.717) is 0 Å². The fraction of sp³-hybridized carbons (Fsp3) is 0. The van der Waals surface area contributed by atoms with Crippen molar-refractivity contribution in [3.05, 3.63) is 39.5 Å². The zero-order valence-corrected chi connectivity index (χ0v) is 5.88. The first-order chi connectivity index (χ1) is 3.00. The van der Waals surface area contributed by atoms with Crippen molar-refractivity contribution in [2.75, 3.05) is 0 Å². The van der Waals surface area contributed by atoms with E-state index in [4.69, 9.17) is 0 Å². The molecule has 0 rings (SSSR count). The molecule has 0 aromatic heterocycles. The highest BCUT2D eigenvalue weighted by Gasteiger charge is 0.605. The minimum absolute atomic E-state index is 0. The van der Waals surface area contributed by atoms with E-state index in [9.17, 15) is 0 Å². The van der Waals surface area contributed by atoms with E-state index in [-0.39, 0.29) is 18.8 Å². The lowest BCUT2D eigenvalue weighted by molar-refractivity contribution is 1.11. The molecule has 0 aliphatic rings. The highest BCUT2D eigenvalue weighted by Crippen LogP contribution is 0.866. The highest BCUT2D eigenvalue weighted by molar-refractivity contribution is 4.22. The Kier molecular flexibility index (Phi) is 5100. The molecule has 0 fully saturated rings. The topological polar surface area (TPSA) is 0 Å². The monoisotopic (exact) mass is 164 g/mol. The Bertz CT molecular complexity index is 14.5. The van der Waals surface area contributed by atoms with Gasteiger partial charge >= 0.3 is 0 Å². The predicted octanol–water partition coefficient (Wildman–Crippen LogP) is 3.02. The molecule has 0 N–H and O–H groups in total. The van der Waals surface area contributed by atoms with Crippen molar-refractivity contribution in [3.8, 4) is 0 Å². The largest absolute Gasteiger partial charge is 0.269 e. The summed E-state index contributed by atoms with van der Waals surface area (Å²) in [5, 5.41) is 0. The summed E-state index contributed by atoms with van der Waals surface area (Å²) < 4.78 is 0. The molecule has 0 aliphatic carbocycles. The molecule has 0 amide bonds. The fourth-order valence-corrected chi connectivity index (χ4v) is 0. The van der Waals surface area contributed by atoms with Gasteiger partial charge in [-0.25, -0.2) is 0 Å². The lowest BCUT2D eigenvalue weighted by atomic mass is 11.3. The lowest BCUT2D eigenvalue weighted by Crippen LogP contribution is -0.552. The smallest absolute Gasteiger partial charge is 0.106 e. The minimum Gasteiger partial charge on any atom is -0.269 e. The van der Waals surface area contributed by atoms with Crippen LogP contribution in [0.5, 0.6) is 0 Å². The summed E-state index contributed by atoms with van der Waals surface area (Å²) in [6, 6.07) is 0. The lowest BCUT2D eigenvalue weighted by Gasteiger charge is -0.813. The normalized spacial score (nSPS) is 1.20. The molecule has 0 unspecified atom stereocenters. The molecular formula is C6H16F4. The van der Waals surface area contributed by atoms with Crippen LogP contribution in [-0.4, -0.2) is 0 Å². The molecule has 0 aliphatic heterocycles. The summed E-state index contributed by atoms with van der Waals surface area (Å²) in [5.74, 6) is 0.